The fraction of sp³-hybridized carbons (Fsp3) is 0.167. The van der Waals surface area contributed by atoms with Gasteiger partial charge in [0.25, 0.3) is 5.69 Å². The highest BCUT2D eigenvalue weighted by Crippen LogP contribution is 2.18. The summed E-state index contributed by atoms with van der Waals surface area (Å²) < 4.78 is 4.66. The molecule has 1 aromatic rings. The van der Waals surface area contributed by atoms with Gasteiger partial charge in [0.2, 0.25) is 0 Å². The highest BCUT2D eigenvalue weighted by Gasteiger charge is 2.10. The smallest absolute Gasteiger partial charge is 0.332 e. The Labute approximate surface area is 103 Å². The minimum absolute atomic E-state index is 0.102. The topological polar surface area (TPSA) is 93.2 Å². The van der Waals surface area contributed by atoms with E-state index in [9.17, 15) is 14.9 Å². The number of hydrogen-bond donors (Lipinski definition) is 0. The first kappa shape index (κ1) is 13.4. The van der Waals surface area contributed by atoms with E-state index in [1.165, 1.54) is 31.2 Å². The van der Waals surface area contributed by atoms with Crippen LogP contribution in [0.15, 0.2) is 30.3 Å². The Bertz CT molecular complexity index is 531. The summed E-state index contributed by atoms with van der Waals surface area (Å²) in [5.41, 5.74) is 0.193. The van der Waals surface area contributed by atoms with Gasteiger partial charge in [0.05, 0.1) is 10.5 Å². The standard InChI is InChI=1S/C12H10N2O4/c1-9(8-13)18-12(15)7-6-10-4-2-3-5-11(10)14(16)17/h2-7,9H,1H3/b7-6+. The molecule has 6 heteroatoms. The lowest BCUT2D eigenvalue weighted by Gasteiger charge is -2.01. The maximum absolute atomic E-state index is 11.2. The van der Waals surface area contributed by atoms with E-state index < -0.39 is 17.0 Å². The molecular weight excluding hydrogens is 236 g/mol. The SMILES string of the molecule is CC(C#N)OC(=O)/C=C/c1ccccc1[N+](=O)[O-]. The summed E-state index contributed by atoms with van der Waals surface area (Å²) in [6.07, 6.45) is 1.48. The molecule has 92 valence electrons. The zero-order valence-corrected chi connectivity index (χ0v) is 9.57. The zero-order chi connectivity index (χ0) is 13.5. The number of para-hydroxylation sites is 1. The van der Waals surface area contributed by atoms with Gasteiger partial charge in [-0.25, -0.2) is 4.79 Å². The molecule has 0 amide bonds. The molecule has 0 spiro atoms. The van der Waals surface area contributed by atoms with Crippen LogP contribution in [0.4, 0.5) is 5.69 Å². The van der Waals surface area contributed by atoms with E-state index in [1.807, 2.05) is 0 Å². The predicted molar refractivity (Wildman–Crippen MR) is 63.3 cm³/mol. The third-order valence-corrected chi connectivity index (χ3v) is 2.01. The van der Waals surface area contributed by atoms with Crippen molar-refractivity contribution in [3.63, 3.8) is 0 Å². The molecule has 0 fully saturated rings. The number of ether oxygens (including phenoxy) is 1. The molecule has 0 aliphatic rings. The zero-order valence-electron chi connectivity index (χ0n) is 9.57. The van der Waals surface area contributed by atoms with Gasteiger partial charge in [-0.3, -0.25) is 10.1 Å². The van der Waals surface area contributed by atoms with Gasteiger partial charge in [-0.15, -0.1) is 0 Å². The number of carbonyl (C=O) groups is 1. The molecule has 0 radical (unpaired) electrons. The Morgan fingerprint density at radius 1 is 1.56 bits per heavy atom. The first-order valence-electron chi connectivity index (χ1n) is 5.06. The van der Waals surface area contributed by atoms with Crippen LogP contribution in [-0.2, 0) is 9.53 Å². The van der Waals surface area contributed by atoms with E-state index in [0.717, 1.165) is 6.08 Å². The number of nitro benzene ring substituents is 1. The summed E-state index contributed by atoms with van der Waals surface area (Å²) in [5, 5.41) is 19.1. The largest absolute Gasteiger partial charge is 0.444 e. The second kappa shape index (κ2) is 6.15. The van der Waals surface area contributed by atoms with E-state index >= 15 is 0 Å². The Kier molecular flexibility index (Phi) is 4.58. The lowest BCUT2D eigenvalue weighted by molar-refractivity contribution is -0.385. The molecule has 6 nitrogen and oxygen atoms in total. The van der Waals surface area contributed by atoms with Gasteiger partial charge in [0.15, 0.2) is 6.10 Å². The minimum atomic E-state index is -0.854. The van der Waals surface area contributed by atoms with Crippen molar-refractivity contribution in [1.82, 2.24) is 0 Å². The van der Waals surface area contributed by atoms with E-state index in [4.69, 9.17) is 5.26 Å². The second-order valence-electron chi connectivity index (χ2n) is 3.36. The average Bonchev–Trinajstić information content (AvgIpc) is 2.36. The van der Waals surface area contributed by atoms with Crippen LogP contribution in [0, 0.1) is 21.4 Å². The van der Waals surface area contributed by atoms with E-state index in [1.54, 1.807) is 12.1 Å². The molecule has 0 aromatic heterocycles. The number of esters is 1. The van der Waals surface area contributed by atoms with Crippen LogP contribution in [0.2, 0.25) is 0 Å². The molecule has 0 N–H and O–H groups in total. The van der Waals surface area contributed by atoms with Gasteiger partial charge < -0.3 is 4.74 Å². The average molecular weight is 246 g/mol. The number of hydrogen-bond acceptors (Lipinski definition) is 5. The molecule has 0 aliphatic heterocycles. The Hall–Kier alpha value is -2.68. The van der Waals surface area contributed by atoms with Crippen molar-refractivity contribution in [1.29, 1.82) is 5.26 Å². The summed E-state index contributed by atoms with van der Waals surface area (Å²) in [6.45, 7) is 1.43. The molecule has 0 aliphatic carbocycles. The van der Waals surface area contributed by atoms with Gasteiger partial charge in [0.1, 0.15) is 6.07 Å². The van der Waals surface area contributed by atoms with Crippen LogP contribution in [0.25, 0.3) is 6.08 Å². The lowest BCUT2D eigenvalue weighted by atomic mass is 10.1. The Balaban J connectivity index is 2.82. The quantitative estimate of drug-likeness (QED) is 0.351. The van der Waals surface area contributed by atoms with Crippen LogP contribution in [0.1, 0.15) is 12.5 Å². The van der Waals surface area contributed by atoms with Crippen molar-refractivity contribution in [3.8, 4) is 6.07 Å². The van der Waals surface area contributed by atoms with Crippen LogP contribution in [-0.4, -0.2) is 17.0 Å². The van der Waals surface area contributed by atoms with Crippen molar-refractivity contribution in [3.05, 3.63) is 46.0 Å². The highest BCUT2D eigenvalue weighted by atomic mass is 16.6. The third kappa shape index (κ3) is 3.72. The maximum atomic E-state index is 11.2. The lowest BCUT2D eigenvalue weighted by Crippen LogP contribution is -2.10. The molecule has 0 heterocycles. The fourth-order valence-corrected chi connectivity index (χ4v) is 1.19. The van der Waals surface area contributed by atoms with Gasteiger partial charge in [-0.2, -0.15) is 5.26 Å². The van der Waals surface area contributed by atoms with Crippen molar-refractivity contribution >= 4 is 17.7 Å². The molecule has 1 atom stereocenters. The van der Waals surface area contributed by atoms with Gasteiger partial charge in [-0.05, 0) is 19.1 Å². The van der Waals surface area contributed by atoms with Crippen molar-refractivity contribution in [2.24, 2.45) is 0 Å². The van der Waals surface area contributed by atoms with E-state index in [-0.39, 0.29) is 5.69 Å². The van der Waals surface area contributed by atoms with E-state index in [0.29, 0.717) is 5.56 Å². The summed E-state index contributed by atoms with van der Waals surface area (Å²) in [4.78, 5) is 21.4. The summed E-state index contributed by atoms with van der Waals surface area (Å²) in [6, 6.07) is 7.74. The predicted octanol–water partition coefficient (Wildman–Crippen LogP) is 2.06. The van der Waals surface area contributed by atoms with Crippen LogP contribution in [0.3, 0.4) is 0 Å². The number of nitrogens with zero attached hydrogens (tertiary/aromatic N) is 2. The minimum Gasteiger partial charge on any atom is -0.444 e. The summed E-state index contributed by atoms with van der Waals surface area (Å²) in [5.74, 6) is -0.720. The van der Waals surface area contributed by atoms with Crippen LogP contribution in [0.5, 0.6) is 0 Å². The van der Waals surface area contributed by atoms with Crippen LogP contribution >= 0.6 is 0 Å². The Morgan fingerprint density at radius 3 is 2.83 bits per heavy atom. The van der Waals surface area contributed by atoms with Crippen molar-refractivity contribution < 1.29 is 14.5 Å². The fourth-order valence-electron chi connectivity index (χ4n) is 1.19. The maximum Gasteiger partial charge on any atom is 0.332 e. The third-order valence-electron chi connectivity index (χ3n) is 2.01. The number of nitro groups is 1. The molecule has 1 rings (SSSR count). The molecule has 18 heavy (non-hydrogen) atoms. The summed E-state index contributed by atoms with van der Waals surface area (Å²) in [7, 11) is 0. The number of carbonyl (C=O) groups excluding carboxylic acids is 1. The highest BCUT2D eigenvalue weighted by molar-refractivity contribution is 5.88. The number of benzene rings is 1. The van der Waals surface area contributed by atoms with Crippen LogP contribution < -0.4 is 0 Å². The van der Waals surface area contributed by atoms with Gasteiger partial charge in [0, 0.05) is 12.1 Å². The normalized spacial score (nSPS) is 11.8. The number of nitriles is 1. The van der Waals surface area contributed by atoms with Gasteiger partial charge in [-0.1, -0.05) is 12.1 Å². The van der Waals surface area contributed by atoms with Gasteiger partial charge >= 0.3 is 5.97 Å². The van der Waals surface area contributed by atoms with Crippen molar-refractivity contribution in [2.75, 3.05) is 0 Å². The molecule has 1 unspecified atom stereocenters. The molecule has 0 bridgehead atoms. The molecule has 1 aromatic carbocycles. The first-order chi connectivity index (χ1) is 8.54. The van der Waals surface area contributed by atoms with E-state index in [2.05, 4.69) is 4.74 Å². The second-order valence-corrected chi connectivity index (χ2v) is 3.36. The molecule has 0 saturated heterocycles. The van der Waals surface area contributed by atoms with Crippen molar-refractivity contribution in [2.45, 2.75) is 13.0 Å². The summed E-state index contributed by atoms with van der Waals surface area (Å²) >= 11 is 0. The Morgan fingerprint density at radius 2 is 2.22 bits per heavy atom. The number of rotatable bonds is 4. The first-order valence-corrected chi connectivity index (χ1v) is 5.06. The molecule has 0 saturated carbocycles. The monoisotopic (exact) mass is 246 g/mol. The molecular formula is C12H10N2O4.